The third-order valence-electron chi connectivity index (χ3n) is 4.19. The third kappa shape index (κ3) is 4.48. The van der Waals surface area contributed by atoms with E-state index >= 15 is 0 Å². The van der Waals surface area contributed by atoms with Gasteiger partial charge in [0.25, 0.3) is 0 Å². The summed E-state index contributed by atoms with van der Waals surface area (Å²) < 4.78 is 23.6. The summed E-state index contributed by atoms with van der Waals surface area (Å²) >= 11 is 0. The van der Waals surface area contributed by atoms with Crippen LogP contribution in [-0.4, -0.2) is 38.8 Å². The first-order chi connectivity index (χ1) is 11.0. The van der Waals surface area contributed by atoms with E-state index in [-0.39, 0.29) is 22.5 Å². The summed E-state index contributed by atoms with van der Waals surface area (Å²) in [5, 5.41) is 1.69. The molecule has 0 aromatic heterocycles. The first-order valence-electron chi connectivity index (χ1n) is 8.05. The number of rotatable bonds is 3. The minimum Gasteiger partial charge on any atom is -0.398 e. The Kier molecular flexibility index (Phi) is 5.25. The number of nitrogen functional groups attached to an aromatic ring is 1. The van der Waals surface area contributed by atoms with E-state index in [9.17, 15) is 13.2 Å². The molecule has 2 N–H and O–H groups in total. The minimum atomic E-state index is -3.34. The molecule has 1 fully saturated rings. The standard InChI is InChI=1S/C17H26N2O4S/c1-17(2,3)16(20)23-19-9-7-12(8-10-19)13-5-6-14(18)15(11-13)24(4,21)22/h5-6,11-12H,7-10,18H2,1-4H3. The molecule has 0 amide bonds. The summed E-state index contributed by atoms with van der Waals surface area (Å²) in [5.74, 6) is -0.0107. The van der Waals surface area contributed by atoms with Gasteiger partial charge < -0.3 is 10.6 Å². The molecule has 1 aliphatic heterocycles. The maximum Gasteiger partial charge on any atom is 0.330 e. The number of nitrogens with zero attached hydrogens (tertiary/aromatic N) is 1. The normalized spacial score (nSPS) is 17.7. The van der Waals surface area contributed by atoms with Crippen molar-refractivity contribution in [2.24, 2.45) is 5.41 Å². The Balaban J connectivity index is 2.04. The Labute approximate surface area is 143 Å². The van der Waals surface area contributed by atoms with Gasteiger partial charge in [-0.3, -0.25) is 0 Å². The van der Waals surface area contributed by atoms with Crippen molar-refractivity contribution in [1.29, 1.82) is 0 Å². The van der Waals surface area contributed by atoms with E-state index in [2.05, 4.69) is 0 Å². The first kappa shape index (κ1) is 18.7. The number of carbonyl (C=O) groups excluding carboxylic acids is 1. The molecule has 24 heavy (non-hydrogen) atoms. The number of anilines is 1. The van der Waals surface area contributed by atoms with Crippen LogP contribution in [0.2, 0.25) is 0 Å². The average Bonchev–Trinajstić information content (AvgIpc) is 2.46. The van der Waals surface area contributed by atoms with Gasteiger partial charge in [-0.2, -0.15) is 0 Å². The summed E-state index contributed by atoms with van der Waals surface area (Å²) in [6, 6.07) is 5.20. The van der Waals surface area contributed by atoms with Crippen LogP contribution in [0.25, 0.3) is 0 Å². The molecule has 0 atom stereocenters. The summed E-state index contributed by atoms with van der Waals surface area (Å²) in [6.45, 7) is 6.73. The molecule has 0 saturated carbocycles. The molecule has 1 heterocycles. The number of hydrogen-bond acceptors (Lipinski definition) is 6. The van der Waals surface area contributed by atoms with Gasteiger partial charge in [0.2, 0.25) is 0 Å². The van der Waals surface area contributed by atoms with Gasteiger partial charge in [0, 0.05) is 19.3 Å². The van der Waals surface area contributed by atoms with Crippen LogP contribution in [0.3, 0.4) is 0 Å². The number of nitrogens with two attached hydrogens (primary N) is 1. The molecule has 134 valence electrons. The molecular weight excluding hydrogens is 328 g/mol. The van der Waals surface area contributed by atoms with E-state index in [0.717, 1.165) is 24.7 Å². The monoisotopic (exact) mass is 354 g/mol. The highest BCUT2D eigenvalue weighted by Gasteiger charge is 2.29. The highest BCUT2D eigenvalue weighted by molar-refractivity contribution is 7.90. The molecule has 1 saturated heterocycles. The van der Waals surface area contributed by atoms with Crippen LogP contribution in [0, 0.1) is 5.41 Å². The van der Waals surface area contributed by atoms with E-state index < -0.39 is 15.3 Å². The highest BCUT2D eigenvalue weighted by atomic mass is 32.2. The third-order valence-corrected chi connectivity index (χ3v) is 5.34. The largest absolute Gasteiger partial charge is 0.398 e. The molecule has 0 spiro atoms. The fraction of sp³-hybridized carbons (Fsp3) is 0.588. The molecule has 0 unspecified atom stereocenters. The van der Waals surface area contributed by atoms with E-state index in [1.54, 1.807) is 17.2 Å². The van der Waals surface area contributed by atoms with Crippen LogP contribution < -0.4 is 5.73 Å². The van der Waals surface area contributed by atoms with Gasteiger partial charge >= 0.3 is 5.97 Å². The summed E-state index contributed by atoms with van der Waals surface area (Å²) in [7, 11) is -3.34. The topological polar surface area (TPSA) is 89.7 Å². The lowest BCUT2D eigenvalue weighted by Crippen LogP contribution is -2.38. The fourth-order valence-corrected chi connectivity index (χ4v) is 3.51. The SMILES string of the molecule is CC(C)(C)C(=O)ON1CCC(c2ccc(N)c(S(C)(=O)=O)c2)CC1. The average molecular weight is 354 g/mol. The van der Waals surface area contributed by atoms with Crippen molar-refractivity contribution in [3.8, 4) is 0 Å². The van der Waals surface area contributed by atoms with Crippen LogP contribution in [0.1, 0.15) is 45.1 Å². The van der Waals surface area contributed by atoms with Crippen LogP contribution in [-0.2, 0) is 19.5 Å². The van der Waals surface area contributed by atoms with Crippen molar-refractivity contribution in [2.45, 2.75) is 44.4 Å². The summed E-state index contributed by atoms with van der Waals surface area (Å²) in [5.41, 5.74) is 6.49. The maximum absolute atomic E-state index is 11.9. The lowest BCUT2D eigenvalue weighted by molar-refractivity contribution is -0.204. The number of hydroxylamine groups is 2. The molecular formula is C17H26N2O4S. The van der Waals surface area contributed by atoms with Gasteiger partial charge in [-0.15, -0.1) is 5.06 Å². The zero-order valence-corrected chi connectivity index (χ0v) is 15.5. The Bertz CT molecular complexity index is 715. The lowest BCUT2D eigenvalue weighted by Gasteiger charge is -2.32. The fourth-order valence-electron chi connectivity index (χ4n) is 2.66. The van der Waals surface area contributed by atoms with Crippen molar-refractivity contribution in [1.82, 2.24) is 5.06 Å². The smallest absolute Gasteiger partial charge is 0.330 e. The predicted molar refractivity (Wildman–Crippen MR) is 93.1 cm³/mol. The van der Waals surface area contributed by atoms with Gasteiger partial charge in [0.1, 0.15) is 0 Å². The Morgan fingerprint density at radius 3 is 2.33 bits per heavy atom. The first-order valence-corrected chi connectivity index (χ1v) is 9.94. The Morgan fingerprint density at radius 1 is 1.25 bits per heavy atom. The van der Waals surface area contributed by atoms with Crippen molar-refractivity contribution >= 4 is 21.5 Å². The molecule has 7 heteroatoms. The number of benzene rings is 1. The molecule has 0 aliphatic carbocycles. The van der Waals surface area contributed by atoms with Gasteiger partial charge in [0.05, 0.1) is 16.0 Å². The number of sulfone groups is 1. The molecule has 6 nitrogen and oxygen atoms in total. The summed E-state index contributed by atoms with van der Waals surface area (Å²) in [4.78, 5) is 17.5. The molecule has 1 aromatic carbocycles. The number of hydrogen-bond donors (Lipinski definition) is 1. The van der Waals surface area contributed by atoms with Crippen LogP contribution >= 0.6 is 0 Å². The lowest BCUT2D eigenvalue weighted by atomic mass is 9.90. The van der Waals surface area contributed by atoms with Crippen LogP contribution in [0.4, 0.5) is 5.69 Å². The van der Waals surface area contributed by atoms with Crippen LogP contribution in [0.5, 0.6) is 0 Å². The number of carbonyl (C=O) groups is 1. The van der Waals surface area contributed by atoms with Gasteiger partial charge in [-0.1, -0.05) is 6.07 Å². The summed E-state index contributed by atoms with van der Waals surface area (Å²) in [6.07, 6.45) is 2.76. The zero-order chi connectivity index (χ0) is 18.1. The number of piperidine rings is 1. The molecule has 1 aliphatic rings. The maximum atomic E-state index is 11.9. The van der Waals surface area contributed by atoms with E-state index in [0.29, 0.717) is 13.1 Å². The quantitative estimate of drug-likeness (QED) is 0.838. The van der Waals surface area contributed by atoms with Crippen molar-refractivity contribution in [2.75, 3.05) is 25.1 Å². The molecule has 0 radical (unpaired) electrons. The van der Waals surface area contributed by atoms with Gasteiger partial charge in [0.15, 0.2) is 9.84 Å². The van der Waals surface area contributed by atoms with Gasteiger partial charge in [-0.25, -0.2) is 13.2 Å². The van der Waals surface area contributed by atoms with E-state index in [4.69, 9.17) is 10.6 Å². The van der Waals surface area contributed by atoms with Crippen molar-refractivity contribution < 1.29 is 18.0 Å². The van der Waals surface area contributed by atoms with Crippen molar-refractivity contribution in [3.63, 3.8) is 0 Å². The second-order valence-electron chi connectivity index (χ2n) is 7.40. The van der Waals surface area contributed by atoms with Gasteiger partial charge in [-0.05, 0) is 57.2 Å². The highest BCUT2D eigenvalue weighted by Crippen LogP contribution is 2.32. The second kappa shape index (κ2) is 6.72. The minimum absolute atomic E-state index is 0.182. The van der Waals surface area contributed by atoms with Crippen molar-refractivity contribution in [3.05, 3.63) is 23.8 Å². The molecule has 0 bridgehead atoms. The molecule has 1 aromatic rings. The second-order valence-corrected chi connectivity index (χ2v) is 9.39. The zero-order valence-electron chi connectivity index (χ0n) is 14.7. The van der Waals surface area contributed by atoms with Crippen LogP contribution in [0.15, 0.2) is 23.1 Å². The Morgan fingerprint density at radius 2 is 1.83 bits per heavy atom. The van der Waals surface area contributed by atoms with E-state index in [1.165, 1.54) is 0 Å². The molecule has 2 rings (SSSR count). The van der Waals surface area contributed by atoms with E-state index in [1.807, 2.05) is 26.8 Å². The predicted octanol–water partition coefficient (Wildman–Crippen LogP) is 2.36. The Hall–Kier alpha value is -1.60.